The molecule has 1 aromatic heterocycles. The highest BCUT2D eigenvalue weighted by atomic mass is 32.2. The Morgan fingerprint density at radius 3 is 2.63 bits per heavy atom. The van der Waals surface area contributed by atoms with Crippen LogP contribution in [0.3, 0.4) is 0 Å². The molecule has 140 valence electrons. The second kappa shape index (κ2) is 8.41. The van der Waals surface area contributed by atoms with E-state index in [9.17, 15) is 9.59 Å². The van der Waals surface area contributed by atoms with E-state index in [0.717, 1.165) is 19.5 Å². The monoisotopic (exact) mass is 402 g/mol. The first-order valence-corrected chi connectivity index (χ1v) is 10.0. The highest BCUT2D eigenvalue weighted by molar-refractivity contribution is 8.17. The van der Waals surface area contributed by atoms with E-state index in [2.05, 4.69) is 46.5 Å². The fraction of sp³-hybridized carbons (Fsp3) is 0.211. The van der Waals surface area contributed by atoms with Crippen LogP contribution in [-0.2, 0) is 9.59 Å². The molecular weight excluding hydrogens is 384 g/mol. The van der Waals surface area contributed by atoms with Crippen LogP contribution in [0, 0.1) is 0 Å². The number of thiophene rings is 1. The first kappa shape index (κ1) is 19.2. The van der Waals surface area contributed by atoms with Gasteiger partial charge in [-0.2, -0.15) is 0 Å². The number of hydrogen-bond donors (Lipinski definition) is 2. The van der Waals surface area contributed by atoms with Crippen molar-refractivity contribution >= 4 is 56.0 Å². The fourth-order valence-corrected chi connectivity index (χ4v) is 4.75. The predicted molar refractivity (Wildman–Crippen MR) is 110 cm³/mol. The minimum atomic E-state index is -1.26. The summed E-state index contributed by atoms with van der Waals surface area (Å²) in [5.41, 5.74) is 2.72. The molecule has 2 aliphatic heterocycles. The first-order chi connectivity index (χ1) is 13.0. The van der Waals surface area contributed by atoms with E-state index < -0.39 is 11.9 Å². The van der Waals surface area contributed by atoms with Gasteiger partial charge in [0.2, 0.25) is 0 Å². The average molecular weight is 402 g/mol. The van der Waals surface area contributed by atoms with Gasteiger partial charge < -0.3 is 15.1 Å². The Balaban J connectivity index is 0.000000226. The Bertz CT molecular complexity index is 959. The maximum absolute atomic E-state index is 9.55. The maximum Gasteiger partial charge on any atom is 0.328 e. The van der Waals surface area contributed by atoms with Gasteiger partial charge in [0.05, 0.1) is 12.2 Å². The molecule has 0 amide bonds. The van der Waals surface area contributed by atoms with Crippen molar-refractivity contribution in [1.29, 1.82) is 0 Å². The number of carboxylic acid groups (broad SMARTS) is 2. The van der Waals surface area contributed by atoms with Crippen LogP contribution in [0.2, 0.25) is 0 Å². The van der Waals surface area contributed by atoms with Gasteiger partial charge in [0.25, 0.3) is 0 Å². The molecule has 2 N–H and O–H groups in total. The van der Waals surface area contributed by atoms with Crippen LogP contribution in [0.4, 0.5) is 0 Å². The molecular formula is C19H18N2O4S2. The van der Waals surface area contributed by atoms with Gasteiger partial charge in [-0.25, -0.2) is 9.59 Å². The van der Waals surface area contributed by atoms with Gasteiger partial charge in [-0.05, 0) is 40.9 Å². The molecule has 1 aromatic carbocycles. The molecule has 0 aliphatic carbocycles. The number of carbonyl (C=O) groups is 2. The Labute approximate surface area is 164 Å². The van der Waals surface area contributed by atoms with Gasteiger partial charge in [-0.15, -0.1) is 11.3 Å². The third-order valence-electron chi connectivity index (χ3n) is 3.97. The van der Waals surface area contributed by atoms with Crippen molar-refractivity contribution in [2.75, 3.05) is 13.1 Å². The minimum Gasteiger partial charge on any atom is -0.478 e. The number of aliphatic imine (C=N–C) groups is 1. The Morgan fingerprint density at radius 1 is 1.22 bits per heavy atom. The smallest absolute Gasteiger partial charge is 0.328 e. The van der Waals surface area contributed by atoms with Crippen LogP contribution in [0.1, 0.15) is 18.9 Å². The summed E-state index contributed by atoms with van der Waals surface area (Å²) in [6.07, 6.45) is 2.20. The van der Waals surface area contributed by atoms with Crippen molar-refractivity contribution < 1.29 is 19.8 Å². The van der Waals surface area contributed by atoms with Crippen LogP contribution in [0.5, 0.6) is 0 Å². The van der Waals surface area contributed by atoms with E-state index in [1.807, 2.05) is 11.8 Å². The molecule has 0 radical (unpaired) electrons. The number of nitrogens with zero attached hydrogens (tertiary/aromatic N) is 2. The SMILES string of the molecule is CCC1=C(c2ccc3sccc3c2)N2CCN=C2S1.O=C(O)/C=C/C(=O)O. The Morgan fingerprint density at radius 2 is 1.96 bits per heavy atom. The second-order valence-electron chi connectivity index (χ2n) is 5.73. The molecule has 8 heteroatoms. The van der Waals surface area contributed by atoms with Gasteiger partial charge in [-0.3, -0.25) is 4.99 Å². The highest BCUT2D eigenvalue weighted by Gasteiger charge is 2.31. The molecule has 3 heterocycles. The van der Waals surface area contributed by atoms with Crippen LogP contribution in [0.15, 0.2) is 51.7 Å². The van der Waals surface area contributed by atoms with Crippen LogP contribution < -0.4 is 0 Å². The van der Waals surface area contributed by atoms with Gasteiger partial charge in [0.1, 0.15) is 0 Å². The van der Waals surface area contributed by atoms with Gasteiger partial charge >= 0.3 is 11.9 Å². The lowest BCUT2D eigenvalue weighted by atomic mass is 10.1. The third-order valence-corrected chi connectivity index (χ3v) is 6.12. The molecule has 0 saturated heterocycles. The zero-order valence-electron chi connectivity index (χ0n) is 14.6. The predicted octanol–water partition coefficient (Wildman–Crippen LogP) is 4.11. The Kier molecular flexibility index (Phi) is 5.98. The number of fused-ring (bicyclic) bond motifs is 2. The lowest BCUT2D eigenvalue weighted by Crippen LogP contribution is -2.19. The van der Waals surface area contributed by atoms with E-state index >= 15 is 0 Å². The van der Waals surface area contributed by atoms with Gasteiger partial charge in [0, 0.05) is 28.3 Å². The number of aliphatic carboxylic acids is 2. The number of carboxylic acids is 2. The number of benzene rings is 1. The van der Waals surface area contributed by atoms with Crippen molar-refractivity contribution in [2.24, 2.45) is 4.99 Å². The van der Waals surface area contributed by atoms with Gasteiger partial charge in [0.15, 0.2) is 5.17 Å². The summed E-state index contributed by atoms with van der Waals surface area (Å²) >= 11 is 3.66. The van der Waals surface area contributed by atoms with Crippen molar-refractivity contribution in [3.8, 4) is 0 Å². The molecule has 2 aromatic rings. The quantitative estimate of drug-likeness (QED) is 0.748. The number of rotatable bonds is 4. The summed E-state index contributed by atoms with van der Waals surface area (Å²) in [5, 5.41) is 20.3. The largest absolute Gasteiger partial charge is 0.478 e. The van der Waals surface area contributed by atoms with Crippen LogP contribution >= 0.6 is 23.1 Å². The molecule has 0 bridgehead atoms. The first-order valence-electron chi connectivity index (χ1n) is 8.34. The van der Waals surface area contributed by atoms with E-state index in [1.165, 1.54) is 31.4 Å². The lowest BCUT2D eigenvalue weighted by molar-refractivity contribution is -0.134. The molecule has 6 nitrogen and oxygen atoms in total. The standard InChI is InChI=1S/C15H14N2S2.C4H4O4/c1-2-12-14(17-7-6-16-15(17)19-12)11-3-4-13-10(9-11)5-8-18-13;5-3(6)1-2-4(7)8/h3-5,8-9H,2,6-7H2,1H3;1-2H,(H,5,6)(H,7,8)/b;2-1+. The molecule has 0 unspecified atom stereocenters. The number of amidine groups is 1. The van der Waals surface area contributed by atoms with Crippen LogP contribution in [-0.4, -0.2) is 45.3 Å². The van der Waals surface area contributed by atoms with Crippen molar-refractivity contribution in [2.45, 2.75) is 13.3 Å². The summed E-state index contributed by atoms with van der Waals surface area (Å²) < 4.78 is 1.36. The fourth-order valence-electron chi connectivity index (χ4n) is 2.84. The molecule has 0 atom stereocenters. The minimum absolute atomic E-state index is 0.558. The number of allylic oxidation sites excluding steroid dienone is 1. The summed E-state index contributed by atoms with van der Waals surface area (Å²) in [7, 11) is 0. The lowest BCUT2D eigenvalue weighted by Gasteiger charge is -2.17. The van der Waals surface area contributed by atoms with E-state index in [0.29, 0.717) is 12.2 Å². The van der Waals surface area contributed by atoms with Crippen molar-refractivity contribution in [1.82, 2.24) is 4.90 Å². The van der Waals surface area contributed by atoms with Crippen molar-refractivity contribution in [3.63, 3.8) is 0 Å². The molecule has 27 heavy (non-hydrogen) atoms. The zero-order valence-corrected chi connectivity index (χ0v) is 16.2. The van der Waals surface area contributed by atoms with E-state index in [1.54, 1.807) is 11.3 Å². The average Bonchev–Trinajstić information content (AvgIpc) is 3.34. The normalized spacial score (nSPS) is 15.7. The molecule has 2 aliphatic rings. The molecule has 0 spiro atoms. The van der Waals surface area contributed by atoms with Crippen molar-refractivity contribution in [3.05, 3.63) is 52.3 Å². The summed E-state index contributed by atoms with van der Waals surface area (Å²) in [6, 6.07) is 9.02. The highest BCUT2D eigenvalue weighted by Crippen LogP contribution is 2.43. The Hall–Kier alpha value is -2.58. The maximum atomic E-state index is 9.55. The topological polar surface area (TPSA) is 90.2 Å². The summed E-state index contributed by atoms with van der Waals surface area (Å²) in [6.45, 7) is 4.19. The van der Waals surface area contributed by atoms with Crippen LogP contribution in [0.25, 0.3) is 15.8 Å². The van der Waals surface area contributed by atoms with Gasteiger partial charge in [-0.1, -0.05) is 24.8 Å². The summed E-state index contributed by atoms with van der Waals surface area (Å²) in [4.78, 5) is 27.5. The third kappa shape index (κ3) is 4.40. The second-order valence-corrected chi connectivity index (χ2v) is 7.74. The number of hydrogen-bond acceptors (Lipinski definition) is 6. The summed E-state index contributed by atoms with van der Waals surface area (Å²) in [5.74, 6) is -2.51. The zero-order chi connectivity index (χ0) is 19.4. The molecule has 4 rings (SSSR count). The molecule has 0 saturated carbocycles. The van der Waals surface area contributed by atoms with E-state index in [-0.39, 0.29) is 0 Å². The molecule has 0 fully saturated rings. The van der Waals surface area contributed by atoms with E-state index in [4.69, 9.17) is 10.2 Å². The number of thioether (sulfide) groups is 1.